The Morgan fingerprint density at radius 3 is 2.67 bits per heavy atom. The second kappa shape index (κ2) is 5.40. The Balaban J connectivity index is 2.25. The fourth-order valence-electron chi connectivity index (χ4n) is 2.26. The van der Waals surface area contributed by atoms with E-state index in [1.807, 2.05) is 26.2 Å². The third-order valence-electron chi connectivity index (χ3n) is 3.63. The number of rotatable bonds is 3. The minimum Gasteiger partial charge on any atom is -0.360 e. The molecular formula is C14H21N3O. The first-order valence-corrected chi connectivity index (χ1v) is 6.38. The van der Waals surface area contributed by atoms with Crippen LogP contribution in [-0.2, 0) is 4.79 Å². The van der Waals surface area contributed by atoms with Crippen LogP contribution in [0, 0.1) is 0 Å². The topological polar surface area (TPSA) is 35.6 Å². The van der Waals surface area contributed by atoms with Gasteiger partial charge in [-0.15, -0.1) is 0 Å². The highest BCUT2D eigenvalue weighted by atomic mass is 16.2. The maximum Gasteiger partial charge on any atom is 0.241 e. The predicted molar refractivity (Wildman–Crippen MR) is 73.8 cm³/mol. The van der Waals surface area contributed by atoms with E-state index in [0.717, 1.165) is 13.1 Å². The molecule has 4 nitrogen and oxygen atoms in total. The van der Waals surface area contributed by atoms with Gasteiger partial charge in [-0.05, 0) is 25.6 Å². The molecule has 1 aliphatic heterocycles. The van der Waals surface area contributed by atoms with Crippen LogP contribution >= 0.6 is 0 Å². The summed E-state index contributed by atoms with van der Waals surface area (Å²) >= 11 is 0. The lowest BCUT2D eigenvalue weighted by Crippen LogP contribution is -2.49. The summed E-state index contributed by atoms with van der Waals surface area (Å²) in [7, 11) is 3.82. The molecule has 1 atom stereocenters. The highest BCUT2D eigenvalue weighted by Gasteiger charge is 2.23. The fourth-order valence-corrected chi connectivity index (χ4v) is 2.26. The van der Waals surface area contributed by atoms with E-state index >= 15 is 0 Å². The number of carbonyl (C=O) groups is 1. The normalized spacial score (nSPS) is 18.1. The largest absolute Gasteiger partial charge is 0.360 e. The first-order chi connectivity index (χ1) is 8.63. The van der Waals surface area contributed by atoms with Gasteiger partial charge in [0.25, 0.3) is 0 Å². The predicted octanol–water partition coefficient (Wildman–Crippen LogP) is 1.25. The minimum absolute atomic E-state index is 0.188. The summed E-state index contributed by atoms with van der Waals surface area (Å²) in [6, 6.07) is 8.59. The molecule has 1 unspecified atom stereocenters. The molecule has 1 N–H and O–H groups in total. The SMILES string of the molecule is CNC(C)c1ccccc1N1CCN(C)C(=O)C1. The van der Waals surface area contributed by atoms with Gasteiger partial charge in [0.05, 0.1) is 6.54 Å². The number of benzene rings is 1. The van der Waals surface area contributed by atoms with Gasteiger partial charge in [0.15, 0.2) is 0 Å². The molecule has 0 saturated carbocycles. The molecule has 1 heterocycles. The number of piperazine rings is 1. The quantitative estimate of drug-likeness (QED) is 0.873. The summed E-state index contributed by atoms with van der Waals surface area (Å²) in [5.74, 6) is 0.188. The smallest absolute Gasteiger partial charge is 0.241 e. The van der Waals surface area contributed by atoms with Crippen LogP contribution in [0.2, 0.25) is 0 Å². The van der Waals surface area contributed by atoms with E-state index in [2.05, 4.69) is 29.3 Å². The van der Waals surface area contributed by atoms with Crippen LogP contribution in [-0.4, -0.2) is 44.5 Å². The zero-order valence-electron chi connectivity index (χ0n) is 11.3. The van der Waals surface area contributed by atoms with Gasteiger partial charge >= 0.3 is 0 Å². The van der Waals surface area contributed by atoms with Crippen molar-refractivity contribution in [2.75, 3.05) is 38.6 Å². The van der Waals surface area contributed by atoms with E-state index in [9.17, 15) is 4.79 Å². The molecule has 1 aliphatic rings. The summed E-state index contributed by atoms with van der Waals surface area (Å²) in [5.41, 5.74) is 2.41. The van der Waals surface area contributed by atoms with Crippen LogP contribution < -0.4 is 10.2 Å². The molecule has 1 aromatic rings. The maximum atomic E-state index is 11.8. The van der Waals surface area contributed by atoms with Gasteiger partial charge in [-0.1, -0.05) is 18.2 Å². The number of likely N-dealkylation sites (N-methyl/N-ethyl adjacent to an activating group) is 1. The number of nitrogens with zero attached hydrogens (tertiary/aromatic N) is 2. The molecule has 1 aromatic carbocycles. The molecule has 0 aliphatic carbocycles. The summed E-state index contributed by atoms with van der Waals surface area (Å²) < 4.78 is 0. The molecule has 0 bridgehead atoms. The molecule has 18 heavy (non-hydrogen) atoms. The molecular weight excluding hydrogens is 226 g/mol. The Morgan fingerprint density at radius 1 is 1.28 bits per heavy atom. The summed E-state index contributed by atoms with van der Waals surface area (Å²) in [5, 5.41) is 3.26. The molecule has 0 spiro atoms. The lowest BCUT2D eigenvalue weighted by Gasteiger charge is -2.35. The Hall–Kier alpha value is -1.55. The van der Waals surface area contributed by atoms with Crippen LogP contribution in [0.5, 0.6) is 0 Å². The van der Waals surface area contributed by atoms with Crippen molar-refractivity contribution in [2.45, 2.75) is 13.0 Å². The minimum atomic E-state index is 0.188. The van der Waals surface area contributed by atoms with Crippen LogP contribution in [0.4, 0.5) is 5.69 Å². The third-order valence-corrected chi connectivity index (χ3v) is 3.63. The van der Waals surface area contributed by atoms with Gasteiger partial charge < -0.3 is 15.1 Å². The molecule has 0 aromatic heterocycles. The molecule has 1 amide bonds. The third kappa shape index (κ3) is 2.48. The monoisotopic (exact) mass is 247 g/mol. The van der Waals surface area contributed by atoms with E-state index in [-0.39, 0.29) is 11.9 Å². The Labute approximate surface area is 109 Å². The number of carbonyl (C=O) groups excluding carboxylic acids is 1. The van der Waals surface area contributed by atoms with Gasteiger partial charge in [-0.2, -0.15) is 0 Å². The second-order valence-electron chi connectivity index (χ2n) is 4.81. The average Bonchev–Trinajstić information content (AvgIpc) is 2.41. The summed E-state index contributed by atoms with van der Waals surface area (Å²) in [6.45, 7) is 4.30. The number of para-hydroxylation sites is 1. The highest BCUT2D eigenvalue weighted by Crippen LogP contribution is 2.26. The van der Waals surface area contributed by atoms with Crippen molar-refractivity contribution in [2.24, 2.45) is 0 Å². The average molecular weight is 247 g/mol. The number of anilines is 1. The van der Waals surface area contributed by atoms with Crippen molar-refractivity contribution in [3.05, 3.63) is 29.8 Å². The van der Waals surface area contributed by atoms with Gasteiger partial charge in [0, 0.05) is 31.9 Å². The second-order valence-corrected chi connectivity index (χ2v) is 4.81. The molecule has 1 fully saturated rings. The van der Waals surface area contributed by atoms with Crippen molar-refractivity contribution in [3.63, 3.8) is 0 Å². The Bertz CT molecular complexity index is 433. The van der Waals surface area contributed by atoms with Gasteiger partial charge in [0.2, 0.25) is 5.91 Å². The Morgan fingerprint density at radius 2 is 2.00 bits per heavy atom. The summed E-state index contributed by atoms with van der Waals surface area (Å²) in [6.07, 6.45) is 0. The van der Waals surface area contributed by atoms with Crippen LogP contribution in [0.3, 0.4) is 0 Å². The van der Waals surface area contributed by atoms with E-state index in [1.165, 1.54) is 11.3 Å². The number of hydrogen-bond donors (Lipinski definition) is 1. The van der Waals surface area contributed by atoms with Crippen molar-refractivity contribution in [1.29, 1.82) is 0 Å². The van der Waals surface area contributed by atoms with Crippen LogP contribution in [0.15, 0.2) is 24.3 Å². The fraction of sp³-hybridized carbons (Fsp3) is 0.500. The number of nitrogens with one attached hydrogen (secondary N) is 1. The molecule has 2 rings (SSSR count). The molecule has 4 heteroatoms. The van der Waals surface area contributed by atoms with E-state index < -0.39 is 0 Å². The molecule has 1 saturated heterocycles. The maximum absolute atomic E-state index is 11.8. The van der Waals surface area contributed by atoms with Crippen LogP contribution in [0.25, 0.3) is 0 Å². The first-order valence-electron chi connectivity index (χ1n) is 6.38. The summed E-state index contributed by atoms with van der Waals surface area (Å²) in [4.78, 5) is 15.8. The highest BCUT2D eigenvalue weighted by molar-refractivity contribution is 5.83. The zero-order chi connectivity index (χ0) is 13.1. The van der Waals surface area contributed by atoms with Gasteiger partial charge in [-0.3, -0.25) is 4.79 Å². The van der Waals surface area contributed by atoms with Gasteiger partial charge in [-0.25, -0.2) is 0 Å². The lowest BCUT2D eigenvalue weighted by atomic mass is 10.0. The van der Waals surface area contributed by atoms with Crippen molar-refractivity contribution < 1.29 is 4.79 Å². The Kier molecular flexibility index (Phi) is 3.87. The molecule has 98 valence electrons. The molecule has 0 radical (unpaired) electrons. The first kappa shape index (κ1) is 12.9. The van der Waals surface area contributed by atoms with Crippen molar-refractivity contribution >= 4 is 11.6 Å². The van der Waals surface area contributed by atoms with Crippen LogP contribution in [0.1, 0.15) is 18.5 Å². The van der Waals surface area contributed by atoms with E-state index in [1.54, 1.807) is 4.90 Å². The van der Waals surface area contributed by atoms with Crippen molar-refractivity contribution in [3.8, 4) is 0 Å². The standard InChI is InChI=1S/C14H21N3O/c1-11(15-2)12-6-4-5-7-13(12)17-9-8-16(3)14(18)10-17/h4-7,11,15H,8-10H2,1-3H3. The lowest BCUT2D eigenvalue weighted by molar-refractivity contribution is -0.129. The number of hydrogen-bond acceptors (Lipinski definition) is 3. The van der Waals surface area contributed by atoms with Gasteiger partial charge in [0.1, 0.15) is 0 Å². The number of amides is 1. The van der Waals surface area contributed by atoms with E-state index in [4.69, 9.17) is 0 Å². The van der Waals surface area contributed by atoms with Crippen molar-refractivity contribution in [1.82, 2.24) is 10.2 Å². The van der Waals surface area contributed by atoms with E-state index in [0.29, 0.717) is 6.54 Å². The zero-order valence-corrected chi connectivity index (χ0v) is 11.3.